The minimum absolute atomic E-state index is 0.00515. The fourth-order valence-electron chi connectivity index (χ4n) is 2.26. The first-order chi connectivity index (χ1) is 9.01. The van der Waals surface area contributed by atoms with E-state index in [1.54, 1.807) is 20.8 Å². The summed E-state index contributed by atoms with van der Waals surface area (Å²) < 4.78 is 37.5. The van der Waals surface area contributed by atoms with Crippen molar-refractivity contribution in [2.24, 2.45) is 17.3 Å². The molecule has 0 unspecified atom stereocenters. The number of ketones is 1. The van der Waals surface area contributed by atoms with Gasteiger partial charge in [-0.1, -0.05) is 20.8 Å². The molecule has 1 N–H and O–H groups in total. The summed E-state index contributed by atoms with van der Waals surface area (Å²) in [6, 6.07) is 0. The largest absolute Gasteiger partial charge is 0.391 e. The van der Waals surface area contributed by atoms with Gasteiger partial charge in [-0.3, -0.25) is 9.59 Å². The lowest BCUT2D eigenvalue weighted by molar-refractivity contribution is -0.184. The van der Waals surface area contributed by atoms with Crippen molar-refractivity contribution in [3.8, 4) is 0 Å². The second-order valence-electron chi connectivity index (χ2n) is 6.48. The monoisotopic (exact) mass is 293 g/mol. The number of hydrogen-bond acceptors (Lipinski definition) is 2. The number of hydrogen-bond donors (Lipinski definition) is 1. The highest BCUT2D eigenvalue weighted by molar-refractivity contribution is 5.89. The van der Waals surface area contributed by atoms with Crippen LogP contribution in [0.4, 0.5) is 13.2 Å². The number of carbonyl (C=O) groups is 2. The molecule has 1 amide bonds. The zero-order valence-electron chi connectivity index (χ0n) is 12.1. The molecule has 1 fully saturated rings. The van der Waals surface area contributed by atoms with Crippen molar-refractivity contribution in [2.75, 3.05) is 6.54 Å². The van der Waals surface area contributed by atoms with E-state index in [0.717, 1.165) is 0 Å². The van der Waals surface area contributed by atoms with Gasteiger partial charge in [-0.2, -0.15) is 13.2 Å². The maximum atomic E-state index is 12.5. The van der Waals surface area contributed by atoms with Crippen LogP contribution in [0.1, 0.15) is 46.5 Å². The molecule has 0 aliphatic heterocycles. The summed E-state index contributed by atoms with van der Waals surface area (Å²) in [5.41, 5.74) is -0.527. The SMILES string of the molecule is CC(C)(C)C(=O)CNC(=O)C1CCC(C(F)(F)F)CC1. The van der Waals surface area contributed by atoms with Gasteiger partial charge in [-0.25, -0.2) is 0 Å². The Morgan fingerprint density at radius 3 is 1.95 bits per heavy atom. The Morgan fingerprint density at radius 1 is 1.05 bits per heavy atom. The minimum atomic E-state index is -4.16. The average molecular weight is 293 g/mol. The molecule has 116 valence electrons. The van der Waals surface area contributed by atoms with Crippen LogP contribution in [0.15, 0.2) is 0 Å². The molecule has 0 atom stereocenters. The van der Waals surface area contributed by atoms with Crippen molar-refractivity contribution in [1.29, 1.82) is 0 Å². The molecule has 0 aromatic carbocycles. The quantitative estimate of drug-likeness (QED) is 0.869. The Balaban J connectivity index is 2.39. The Kier molecular flexibility index (Phi) is 5.21. The molecular formula is C14H22F3NO2. The standard InChI is InChI=1S/C14H22F3NO2/c1-13(2,3)11(19)8-18-12(20)9-4-6-10(7-5-9)14(15,16)17/h9-10H,4-8H2,1-3H3,(H,18,20). The molecule has 1 aliphatic carbocycles. The number of rotatable bonds is 3. The maximum Gasteiger partial charge on any atom is 0.391 e. The van der Waals surface area contributed by atoms with E-state index in [1.807, 2.05) is 0 Å². The van der Waals surface area contributed by atoms with E-state index in [0.29, 0.717) is 0 Å². The predicted octanol–water partition coefficient (Wildman–Crippen LogP) is 3.09. The third-order valence-corrected chi connectivity index (χ3v) is 3.82. The van der Waals surface area contributed by atoms with Crippen LogP contribution in [0, 0.1) is 17.3 Å². The predicted molar refractivity (Wildman–Crippen MR) is 69.0 cm³/mol. The summed E-state index contributed by atoms with van der Waals surface area (Å²) in [6.07, 6.45) is -3.70. The van der Waals surface area contributed by atoms with Gasteiger partial charge in [0, 0.05) is 11.3 Å². The van der Waals surface area contributed by atoms with Gasteiger partial charge in [0.1, 0.15) is 0 Å². The van der Waals surface area contributed by atoms with Crippen molar-refractivity contribution in [1.82, 2.24) is 5.32 Å². The van der Waals surface area contributed by atoms with Gasteiger partial charge >= 0.3 is 6.18 Å². The molecule has 0 spiro atoms. The number of nitrogens with one attached hydrogen (secondary N) is 1. The third kappa shape index (κ3) is 4.80. The molecule has 1 aliphatic rings. The lowest BCUT2D eigenvalue weighted by Gasteiger charge is -2.29. The molecule has 0 heterocycles. The van der Waals surface area contributed by atoms with E-state index in [9.17, 15) is 22.8 Å². The van der Waals surface area contributed by atoms with Gasteiger partial charge in [-0.15, -0.1) is 0 Å². The summed E-state index contributed by atoms with van der Waals surface area (Å²) in [5.74, 6) is -2.08. The van der Waals surface area contributed by atoms with Gasteiger partial charge in [0.25, 0.3) is 0 Å². The molecule has 0 saturated heterocycles. The fraction of sp³-hybridized carbons (Fsp3) is 0.857. The van der Waals surface area contributed by atoms with Gasteiger partial charge in [0.15, 0.2) is 5.78 Å². The van der Waals surface area contributed by atoms with Crippen LogP contribution in [0.2, 0.25) is 0 Å². The molecule has 3 nitrogen and oxygen atoms in total. The highest BCUT2D eigenvalue weighted by atomic mass is 19.4. The molecular weight excluding hydrogens is 271 g/mol. The number of amides is 1. The van der Waals surface area contributed by atoms with Crippen LogP contribution in [-0.2, 0) is 9.59 Å². The lowest BCUT2D eigenvalue weighted by atomic mass is 9.81. The van der Waals surface area contributed by atoms with Gasteiger partial charge in [-0.05, 0) is 25.7 Å². The van der Waals surface area contributed by atoms with Crippen LogP contribution in [0.25, 0.3) is 0 Å². The minimum Gasteiger partial charge on any atom is -0.349 e. The van der Waals surface area contributed by atoms with Gasteiger partial charge in [0.05, 0.1) is 12.5 Å². The van der Waals surface area contributed by atoms with Crippen molar-refractivity contribution in [3.63, 3.8) is 0 Å². The molecule has 6 heteroatoms. The highest BCUT2D eigenvalue weighted by Crippen LogP contribution is 2.39. The molecule has 1 rings (SSSR count). The summed E-state index contributed by atoms with van der Waals surface area (Å²) in [6.45, 7) is 5.23. The van der Waals surface area contributed by atoms with Crippen molar-refractivity contribution < 1.29 is 22.8 Å². The Bertz CT molecular complexity index is 364. The first-order valence-electron chi connectivity index (χ1n) is 6.89. The average Bonchev–Trinajstić information content (AvgIpc) is 2.33. The fourth-order valence-corrected chi connectivity index (χ4v) is 2.26. The molecule has 0 aromatic rings. The number of carbonyl (C=O) groups excluding carboxylic acids is 2. The highest BCUT2D eigenvalue weighted by Gasteiger charge is 2.42. The van der Waals surface area contributed by atoms with Crippen LogP contribution >= 0.6 is 0 Å². The second-order valence-corrected chi connectivity index (χ2v) is 6.48. The molecule has 0 aromatic heterocycles. The van der Waals surface area contributed by atoms with Crippen LogP contribution in [0.5, 0.6) is 0 Å². The first-order valence-corrected chi connectivity index (χ1v) is 6.89. The number of Topliss-reactive ketones (excluding diaryl/α,β-unsaturated/α-hetero) is 1. The zero-order valence-corrected chi connectivity index (χ0v) is 12.1. The smallest absolute Gasteiger partial charge is 0.349 e. The van der Waals surface area contributed by atoms with Gasteiger partial charge < -0.3 is 5.32 Å². The molecule has 0 radical (unpaired) electrons. The first kappa shape index (κ1) is 17.0. The van der Waals surface area contributed by atoms with Gasteiger partial charge in [0.2, 0.25) is 5.91 Å². The Morgan fingerprint density at radius 2 is 1.55 bits per heavy atom. The summed E-state index contributed by atoms with van der Waals surface area (Å²) >= 11 is 0. The molecule has 1 saturated carbocycles. The van der Waals surface area contributed by atoms with E-state index in [2.05, 4.69) is 5.32 Å². The summed E-state index contributed by atoms with van der Waals surface area (Å²) in [4.78, 5) is 23.5. The van der Waals surface area contributed by atoms with Crippen molar-refractivity contribution >= 4 is 11.7 Å². The van der Waals surface area contributed by atoms with Crippen LogP contribution in [0.3, 0.4) is 0 Å². The van der Waals surface area contributed by atoms with Crippen LogP contribution < -0.4 is 5.32 Å². The van der Waals surface area contributed by atoms with E-state index < -0.39 is 23.4 Å². The van der Waals surface area contributed by atoms with E-state index >= 15 is 0 Å². The lowest BCUT2D eigenvalue weighted by Crippen LogP contribution is -2.40. The third-order valence-electron chi connectivity index (χ3n) is 3.82. The Hall–Kier alpha value is -1.07. The normalized spacial score (nSPS) is 24.3. The molecule has 20 heavy (non-hydrogen) atoms. The maximum absolute atomic E-state index is 12.5. The zero-order chi connectivity index (χ0) is 15.6. The van der Waals surface area contributed by atoms with Crippen molar-refractivity contribution in [2.45, 2.75) is 52.6 Å². The van der Waals surface area contributed by atoms with Crippen LogP contribution in [-0.4, -0.2) is 24.4 Å². The molecule has 0 bridgehead atoms. The second kappa shape index (κ2) is 6.14. The topological polar surface area (TPSA) is 46.2 Å². The van der Waals surface area contributed by atoms with E-state index in [-0.39, 0.29) is 43.9 Å². The van der Waals surface area contributed by atoms with Crippen molar-refractivity contribution in [3.05, 3.63) is 0 Å². The van der Waals surface area contributed by atoms with E-state index in [1.165, 1.54) is 0 Å². The van der Waals surface area contributed by atoms with E-state index in [4.69, 9.17) is 0 Å². The number of alkyl halides is 3. The number of halogens is 3. The summed E-state index contributed by atoms with van der Waals surface area (Å²) in [7, 11) is 0. The Labute approximate surface area is 117 Å². The summed E-state index contributed by atoms with van der Waals surface area (Å²) in [5, 5.41) is 2.54.